The monoisotopic (exact) mass is 178 g/mol. The lowest BCUT2D eigenvalue weighted by Gasteiger charge is -2.02. The molecule has 5 nitrogen and oxygen atoms in total. The van der Waals surface area contributed by atoms with Crippen molar-refractivity contribution in [3.63, 3.8) is 0 Å². The molecule has 2 aromatic heterocycles. The first-order chi connectivity index (χ1) is 6.24. The second-order valence-electron chi connectivity index (χ2n) is 2.78. The van der Waals surface area contributed by atoms with Crippen LogP contribution in [0.2, 0.25) is 0 Å². The zero-order valence-electron chi connectivity index (χ0n) is 7.48. The van der Waals surface area contributed by atoms with E-state index < -0.39 is 0 Å². The molecule has 2 aromatic rings. The first-order valence-electron chi connectivity index (χ1n) is 3.86. The average Bonchev–Trinajstić information content (AvgIpc) is 2.56. The topological polar surface area (TPSA) is 66.0 Å². The fourth-order valence-electron chi connectivity index (χ4n) is 1.28. The molecule has 5 heteroatoms. The SMILES string of the molecule is COn1cnc2c(C)cnc(N)c21. The molecular formula is C8H10N4O. The molecule has 0 fully saturated rings. The molecule has 0 atom stereocenters. The summed E-state index contributed by atoms with van der Waals surface area (Å²) in [5, 5.41) is 0. The number of aromatic nitrogens is 3. The molecule has 0 radical (unpaired) electrons. The average molecular weight is 178 g/mol. The van der Waals surface area contributed by atoms with Gasteiger partial charge in [-0.15, -0.1) is 0 Å². The summed E-state index contributed by atoms with van der Waals surface area (Å²) in [6, 6.07) is 0. The number of fused-ring (bicyclic) bond motifs is 1. The van der Waals surface area contributed by atoms with Crippen molar-refractivity contribution in [1.29, 1.82) is 0 Å². The van der Waals surface area contributed by atoms with E-state index in [-0.39, 0.29) is 0 Å². The fraction of sp³-hybridized carbons (Fsp3) is 0.250. The van der Waals surface area contributed by atoms with Gasteiger partial charge in [0.1, 0.15) is 24.5 Å². The number of nitrogens with zero attached hydrogens (tertiary/aromatic N) is 3. The second kappa shape index (κ2) is 2.62. The van der Waals surface area contributed by atoms with Gasteiger partial charge < -0.3 is 10.6 Å². The number of nitrogen functional groups attached to an aromatic ring is 1. The van der Waals surface area contributed by atoms with E-state index in [0.29, 0.717) is 5.82 Å². The Morgan fingerprint density at radius 2 is 2.23 bits per heavy atom. The Bertz CT molecular complexity index is 449. The van der Waals surface area contributed by atoms with E-state index in [2.05, 4.69) is 9.97 Å². The lowest BCUT2D eigenvalue weighted by atomic mass is 10.2. The zero-order chi connectivity index (χ0) is 9.42. The largest absolute Gasteiger partial charge is 0.415 e. The Morgan fingerprint density at radius 3 is 2.92 bits per heavy atom. The molecule has 0 saturated carbocycles. The van der Waals surface area contributed by atoms with Crippen molar-refractivity contribution in [2.24, 2.45) is 0 Å². The Morgan fingerprint density at radius 1 is 1.46 bits per heavy atom. The second-order valence-corrected chi connectivity index (χ2v) is 2.78. The molecule has 0 aliphatic carbocycles. The molecule has 68 valence electrons. The molecule has 13 heavy (non-hydrogen) atoms. The molecule has 0 saturated heterocycles. The number of hydrogen-bond acceptors (Lipinski definition) is 4. The number of pyridine rings is 1. The van der Waals surface area contributed by atoms with Gasteiger partial charge in [0.15, 0.2) is 5.82 Å². The molecule has 0 amide bonds. The minimum absolute atomic E-state index is 0.431. The van der Waals surface area contributed by atoms with Gasteiger partial charge in [-0.05, 0) is 12.5 Å². The molecule has 0 unspecified atom stereocenters. The third kappa shape index (κ3) is 1.00. The lowest BCUT2D eigenvalue weighted by Crippen LogP contribution is -2.06. The molecule has 0 spiro atoms. The van der Waals surface area contributed by atoms with Crippen LogP contribution in [0.1, 0.15) is 5.56 Å². The number of imidazole rings is 1. The van der Waals surface area contributed by atoms with Crippen molar-refractivity contribution >= 4 is 16.9 Å². The summed E-state index contributed by atoms with van der Waals surface area (Å²) >= 11 is 0. The maximum absolute atomic E-state index is 5.69. The molecule has 0 bridgehead atoms. The maximum Gasteiger partial charge on any atom is 0.153 e. The Balaban J connectivity index is 2.87. The molecular weight excluding hydrogens is 168 g/mol. The Kier molecular flexibility index (Phi) is 1.58. The van der Waals surface area contributed by atoms with E-state index in [1.807, 2.05) is 6.92 Å². The number of aryl methyl sites for hydroxylation is 1. The van der Waals surface area contributed by atoms with Crippen molar-refractivity contribution < 1.29 is 4.84 Å². The lowest BCUT2D eigenvalue weighted by molar-refractivity contribution is 0.177. The van der Waals surface area contributed by atoms with Crippen LogP contribution in [0.5, 0.6) is 0 Å². The van der Waals surface area contributed by atoms with Gasteiger partial charge in [0, 0.05) is 6.20 Å². The molecule has 0 aliphatic heterocycles. The minimum atomic E-state index is 0.431. The van der Waals surface area contributed by atoms with E-state index in [4.69, 9.17) is 10.6 Å². The van der Waals surface area contributed by atoms with Crippen LogP contribution < -0.4 is 10.6 Å². The van der Waals surface area contributed by atoms with E-state index in [1.165, 1.54) is 4.73 Å². The van der Waals surface area contributed by atoms with Crippen molar-refractivity contribution in [1.82, 2.24) is 14.7 Å². The molecule has 2 N–H and O–H groups in total. The van der Waals surface area contributed by atoms with E-state index >= 15 is 0 Å². The predicted octanol–water partition coefficient (Wildman–Crippen LogP) is 0.380. The van der Waals surface area contributed by atoms with Crippen molar-refractivity contribution in [2.45, 2.75) is 6.92 Å². The van der Waals surface area contributed by atoms with Crippen LogP contribution in [0.4, 0.5) is 5.82 Å². The highest BCUT2D eigenvalue weighted by Gasteiger charge is 2.09. The Labute approximate surface area is 75.1 Å². The maximum atomic E-state index is 5.69. The van der Waals surface area contributed by atoms with E-state index in [0.717, 1.165) is 16.6 Å². The predicted molar refractivity (Wildman–Crippen MR) is 49.2 cm³/mol. The summed E-state index contributed by atoms with van der Waals surface area (Å²) < 4.78 is 1.50. The first-order valence-corrected chi connectivity index (χ1v) is 3.86. The molecule has 2 heterocycles. The van der Waals surface area contributed by atoms with Gasteiger partial charge in [-0.2, -0.15) is 4.73 Å². The van der Waals surface area contributed by atoms with Gasteiger partial charge in [-0.1, -0.05) is 0 Å². The number of rotatable bonds is 1. The molecule has 0 aliphatic rings. The van der Waals surface area contributed by atoms with Crippen LogP contribution in [0, 0.1) is 6.92 Å². The third-order valence-corrected chi connectivity index (χ3v) is 1.95. The van der Waals surface area contributed by atoms with Gasteiger partial charge in [-0.25, -0.2) is 9.97 Å². The number of anilines is 1. The van der Waals surface area contributed by atoms with Crippen LogP contribution in [-0.4, -0.2) is 21.8 Å². The fourth-order valence-corrected chi connectivity index (χ4v) is 1.28. The van der Waals surface area contributed by atoms with Crippen LogP contribution in [-0.2, 0) is 0 Å². The summed E-state index contributed by atoms with van der Waals surface area (Å²) in [5.41, 5.74) is 8.23. The van der Waals surface area contributed by atoms with E-state index in [1.54, 1.807) is 19.6 Å². The summed E-state index contributed by atoms with van der Waals surface area (Å²) in [6.45, 7) is 1.93. The smallest absolute Gasteiger partial charge is 0.153 e. The first kappa shape index (κ1) is 7.85. The zero-order valence-corrected chi connectivity index (χ0v) is 7.48. The minimum Gasteiger partial charge on any atom is -0.415 e. The van der Waals surface area contributed by atoms with Crippen molar-refractivity contribution in [3.05, 3.63) is 18.1 Å². The summed E-state index contributed by atoms with van der Waals surface area (Å²) in [6.07, 6.45) is 3.28. The van der Waals surface area contributed by atoms with Crippen molar-refractivity contribution in [3.8, 4) is 0 Å². The highest BCUT2D eigenvalue weighted by Crippen LogP contribution is 2.19. The quantitative estimate of drug-likeness (QED) is 0.685. The van der Waals surface area contributed by atoms with Crippen LogP contribution >= 0.6 is 0 Å². The Hall–Kier alpha value is -1.78. The summed E-state index contributed by atoms with van der Waals surface area (Å²) in [5.74, 6) is 0.431. The van der Waals surface area contributed by atoms with Gasteiger partial charge in [0.2, 0.25) is 0 Å². The summed E-state index contributed by atoms with van der Waals surface area (Å²) in [7, 11) is 1.56. The van der Waals surface area contributed by atoms with Crippen LogP contribution in [0.25, 0.3) is 11.0 Å². The van der Waals surface area contributed by atoms with E-state index in [9.17, 15) is 0 Å². The highest BCUT2D eigenvalue weighted by molar-refractivity contribution is 5.86. The number of nitrogens with two attached hydrogens (primary N) is 1. The standard InChI is InChI=1S/C8H10N4O/c1-5-3-10-8(9)7-6(5)11-4-12(7)13-2/h3-4H,1-2H3,(H2,9,10). The van der Waals surface area contributed by atoms with Crippen LogP contribution in [0.3, 0.4) is 0 Å². The highest BCUT2D eigenvalue weighted by atomic mass is 16.6. The summed E-state index contributed by atoms with van der Waals surface area (Å²) in [4.78, 5) is 13.2. The van der Waals surface area contributed by atoms with Crippen molar-refractivity contribution in [2.75, 3.05) is 12.8 Å². The normalized spacial score (nSPS) is 10.6. The molecule has 2 rings (SSSR count). The van der Waals surface area contributed by atoms with Gasteiger partial charge >= 0.3 is 0 Å². The van der Waals surface area contributed by atoms with Gasteiger partial charge in [0.25, 0.3) is 0 Å². The third-order valence-electron chi connectivity index (χ3n) is 1.95. The van der Waals surface area contributed by atoms with Gasteiger partial charge in [0.05, 0.1) is 0 Å². The number of hydrogen-bond donors (Lipinski definition) is 1. The van der Waals surface area contributed by atoms with Crippen LogP contribution in [0.15, 0.2) is 12.5 Å². The molecule has 0 aromatic carbocycles. The van der Waals surface area contributed by atoms with Gasteiger partial charge in [-0.3, -0.25) is 0 Å².